The first kappa shape index (κ1) is 10.3. The van der Waals surface area contributed by atoms with Gasteiger partial charge in [0.05, 0.1) is 0 Å². The standard InChI is InChI=1S/C4H8O2.Sn.2H/c1-2-3-4(5)6;;;/h2-3H2,1H3,(H,5,6);;;. The molecule has 0 aromatic rings. The van der Waals surface area contributed by atoms with E-state index in [1.54, 1.807) is 0 Å². The Labute approximate surface area is 59.9 Å². The summed E-state index contributed by atoms with van der Waals surface area (Å²) in [4.78, 5) is 9.60. The first-order valence-electron chi connectivity index (χ1n) is 1.99. The Kier molecular flexibility index (Phi) is 9.21. The van der Waals surface area contributed by atoms with Gasteiger partial charge in [0.25, 0.3) is 0 Å². The Bertz CT molecular complexity index is 53.7. The molecule has 42 valence electrons. The molecule has 0 heterocycles. The van der Waals surface area contributed by atoms with Crippen LogP contribution < -0.4 is 0 Å². The fraction of sp³-hybridized carbons (Fsp3) is 0.750. The number of rotatable bonds is 2. The van der Waals surface area contributed by atoms with Gasteiger partial charge in [-0.15, -0.1) is 0 Å². The third kappa shape index (κ3) is 10.7. The summed E-state index contributed by atoms with van der Waals surface area (Å²) < 4.78 is 0. The molecule has 2 radical (unpaired) electrons. The van der Waals surface area contributed by atoms with E-state index < -0.39 is 5.97 Å². The zero-order valence-electron chi connectivity index (χ0n) is 4.48. The molecule has 0 fully saturated rings. The van der Waals surface area contributed by atoms with Gasteiger partial charge in [0.1, 0.15) is 0 Å². The van der Waals surface area contributed by atoms with Crippen molar-refractivity contribution in [3.63, 3.8) is 0 Å². The van der Waals surface area contributed by atoms with Crippen molar-refractivity contribution in [2.75, 3.05) is 0 Å². The molecule has 1 N–H and O–H groups in total. The number of carboxylic acid groups (broad SMARTS) is 1. The predicted molar refractivity (Wildman–Crippen MR) is 31.1 cm³/mol. The van der Waals surface area contributed by atoms with Crippen LogP contribution in [-0.4, -0.2) is 35.0 Å². The van der Waals surface area contributed by atoms with Gasteiger partial charge in [0.2, 0.25) is 0 Å². The fourth-order valence-corrected chi connectivity index (χ4v) is 0.214. The van der Waals surface area contributed by atoms with E-state index in [-0.39, 0.29) is 23.9 Å². The Morgan fingerprint density at radius 1 is 1.71 bits per heavy atom. The molecule has 7 heavy (non-hydrogen) atoms. The van der Waals surface area contributed by atoms with Crippen molar-refractivity contribution in [1.29, 1.82) is 0 Å². The van der Waals surface area contributed by atoms with Gasteiger partial charge >= 0.3 is 29.9 Å². The Morgan fingerprint density at radius 3 is 2.14 bits per heavy atom. The van der Waals surface area contributed by atoms with E-state index in [2.05, 4.69) is 0 Å². The first-order valence-corrected chi connectivity index (χ1v) is 1.99. The average molecular weight is 209 g/mol. The number of hydrogen-bond acceptors (Lipinski definition) is 1. The van der Waals surface area contributed by atoms with Gasteiger partial charge in [-0.2, -0.15) is 0 Å². The van der Waals surface area contributed by atoms with Crippen LogP contribution in [0.5, 0.6) is 0 Å². The molecule has 0 bridgehead atoms. The van der Waals surface area contributed by atoms with E-state index in [4.69, 9.17) is 5.11 Å². The van der Waals surface area contributed by atoms with E-state index in [9.17, 15) is 4.79 Å². The Morgan fingerprint density at radius 2 is 2.14 bits per heavy atom. The van der Waals surface area contributed by atoms with Crippen molar-refractivity contribution in [2.24, 2.45) is 0 Å². The molecule has 0 aliphatic rings. The van der Waals surface area contributed by atoms with Crippen LogP contribution in [0.1, 0.15) is 19.8 Å². The normalized spacial score (nSPS) is 7.00. The van der Waals surface area contributed by atoms with Crippen LogP contribution in [0.25, 0.3) is 0 Å². The molecule has 0 rings (SSSR count). The van der Waals surface area contributed by atoms with Crippen LogP contribution in [0, 0.1) is 0 Å². The van der Waals surface area contributed by atoms with Crippen molar-refractivity contribution in [3.8, 4) is 0 Å². The molecule has 0 aliphatic carbocycles. The topological polar surface area (TPSA) is 37.3 Å². The minimum atomic E-state index is -0.711. The van der Waals surface area contributed by atoms with Crippen molar-refractivity contribution < 1.29 is 9.90 Å². The summed E-state index contributed by atoms with van der Waals surface area (Å²) >= 11 is 0. The van der Waals surface area contributed by atoms with Crippen LogP contribution in [-0.2, 0) is 4.79 Å². The van der Waals surface area contributed by atoms with Crippen LogP contribution in [0.15, 0.2) is 0 Å². The SMILES string of the molecule is CCCC(=O)O.[SnH2]. The molecule has 0 saturated carbocycles. The van der Waals surface area contributed by atoms with E-state index in [0.29, 0.717) is 6.42 Å². The van der Waals surface area contributed by atoms with Crippen LogP contribution >= 0.6 is 0 Å². The number of carboxylic acids is 1. The zero-order valence-corrected chi connectivity index (χ0v) is 8.51. The van der Waals surface area contributed by atoms with E-state index >= 15 is 0 Å². The number of aliphatic carboxylic acids is 1. The maximum atomic E-state index is 9.60. The second-order valence-corrected chi connectivity index (χ2v) is 1.14. The van der Waals surface area contributed by atoms with Crippen molar-refractivity contribution in [1.82, 2.24) is 0 Å². The summed E-state index contributed by atoms with van der Waals surface area (Å²) in [5.74, 6) is -0.711. The summed E-state index contributed by atoms with van der Waals surface area (Å²) in [6, 6.07) is 0. The molecule has 0 aliphatic heterocycles. The first-order chi connectivity index (χ1) is 2.77. The molecule has 3 heteroatoms. The van der Waals surface area contributed by atoms with Gasteiger partial charge in [0, 0.05) is 6.42 Å². The molecular formula is C4H10O2Sn. The second-order valence-electron chi connectivity index (χ2n) is 1.14. The van der Waals surface area contributed by atoms with Gasteiger partial charge in [-0.3, -0.25) is 4.79 Å². The Balaban J connectivity index is 0. The molecule has 0 unspecified atom stereocenters. The molecule has 0 atom stereocenters. The van der Waals surface area contributed by atoms with Crippen LogP contribution in [0.2, 0.25) is 0 Å². The van der Waals surface area contributed by atoms with Crippen LogP contribution in [0.4, 0.5) is 0 Å². The average Bonchev–Trinajstić information content (AvgIpc) is 1.35. The number of hydrogen-bond donors (Lipinski definition) is 1. The van der Waals surface area contributed by atoms with Crippen LogP contribution in [0.3, 0.4) is 0 Å². The molecule has 0 aromatic carbocycles. The van der Waals surface area contributed by atoms with Gasteiger partial charge in [-0.1, -0.05) is 6.92 Å². The van der Waals surface area contributed by atoms with E-state index in [0.717, 1.165) is 6.42 Å². The second kappa shape index (κ2) is 6.27. The van der Waals surface area contributed by atoms with Crippen molar-refractivity contribution >= 4 is 29.9 Å². The van der Waals surface area contributed by atoms with Crippen molar-refractivity contribution in [3.05, 3.63) is 0 Å². The predicted octanol–water partition coefficient (Wildman–Crippen LogP) is -0.0451. The third-order valence-corrected chi connectivity index (χ3v) is 0.464. The molecule has 2 nitrogen and oxygen atoms in total. The maximum absolute atomic E-state index is 9.60. The quantitative estimate of drug-likeness (QED) is 0.647. The minimum absolute atomic E-state index is 0. The van der Waals surface area contributed by atoms with Gasteiger partial charge in [0.15, 0.2) is 0 Å². The zero-order chi connectivity index (χ0) is 4.99. The summed E-state index contributed by atoms with van der Waals surface area (Å²) in [7, 11) is 0. The van der Waals surface area contributed by atoms with E-state index in [1.807, 2.05) is 6.92 Å². The number of carbonyl (C=O) groups is 1. The Hall–Kier alpha value is 0.269. The molecular weight excluding hydrogens is 199 g/mol. The molecule has 0 amide bonds. The third-order valence-electron chi connectivity index (χ3n) is 0.464. The molecule has 0 aromatic heterocycles. The molecule has 0 saturated heterocycles. The molecule has 0 spiro atoms. The summed E-state index contributed by atoms with van der Waals surface area (Å²) in [6.07, 6.45) is 1.02. The fourth-order valence-electron chi connectivity index (χ4n) is 0.214. The monoisotopic (exact) mass is 210 g/mol. The van der Waals surface area contributed by atoms with Crippen molar-refractivity contribution in [2.45, 2.75) is 19.8 Å². The van der Waals surface area contributed by atoms with Gasteiger partial charge < -0.3 is 5.11 Å². The summed E-state index contributed by atoms with van der Waals surface area (Å²) in [5.41, 5.74) is 0. The summed E-state index contributed by atoms with van der Waals surface area (Å²) in [5, 5.41) is 7.91. The summed E-state index contributed by atoms with van der Waals surface area (Å²) in [6.45, 7) is 1.84. The van der Waals surface area contributed by atoms with Gasteiger partial charge in [-0.25, -0.2) is 0 Å². The van der Waals surface area contributed by atoms with Gasteiger partial charge in [-0.05, 0) is 6.42 Å². The van der Waals surface area contributed by atoms with E-state index in [1.165, 1.54) is 0 Å².